The predicted molar refractivity (Wildman–Crippen MR) is 97.9 cm³/mol. The molecule has 2 heterocycles. The molecule has 25 heavy (non-hydrogen) atoms. The number of hydrogen-bond acceptors (Lipinski definition) is 4. The second kappa shape index (κ2) is 8.08. The Labute approximate surface area is 156 Å². The Bertz CT molecular complexity index is 742. The summed E-state index contributed by atoms with van der Waals surface area (Å²) >= 11 is 12.0. The number of piperazine rings is 1. The van der Waals surface area contributed by atoms with Crippen LogP contribution in [0, 0.1) is 6.92 Å². The van der Waals surface area contributed by atoms with Gasteiger partial charge in [0.05, 0.1) is 15.7 Å². The van der Waals surface area contributed by atoms with Crippen molar-refractivity contribution in [2.75, 3.05) is 39.3 Å². The molecule has 0 spiro atoms. The van der Waals surface area contributed by atoms with Crippen LogP contribution >= 0.6 is 23.2 Å². The number of rotatable bonds is 6. The number of amides is 1. The SMILES string of the molecule is Cc1cc(OCCN2CCN(C=O)CC2)nn1-c1ccc(Cl)c(Cl)c1. The van der Waals surface area contributed by atoms with Crippen LogP contribution in [-0.2, 0) is 4.79 Å². The van der Waals surface area contributed by atoms with Crippen LogP contribution in [0.15, 0.2) is 24.3 Å². The highest BCUT2D eigenvalue weighted by Crippen LogP contribution is 2.25. The van der Waals surface area contributed by atoms with E-state index in [1.807, 2.05) is 19.1 Å². The number of benzene rings is 1. The third kappa shape index (κ3) is 4.45. The maximum Gasteiger partial charge on any atom is 0.233 e. The summed E-state index contributed by atoms with van der Waals surface area (Å²) in [4.78, 5) is 14.8. The van der Waals surface area contributed by atoms with E-state index < -0.39 is 0 Å². The fourth-order valence-corrected chi connectivity index (χ4v) is 3.06. The monoisotopic (exact) mass is 382 g/mol. The molecule has 0 radical (unpaired) electrons. The zero-order chi connectivity index (χ0) is 17.8. The first kappa shape index (κ1) is 18.0. The summed E-state index contributed by atoms with van der Waals surface area (Å²) in [6.45, 7) is 6.62. The van der Waals surface area contributed by atoms with Crippen LogP contribution in [-0.4, -0.2) is 65.3 Å². The molecule has 3 rings (SSSR count). The van der Waals surface area contributed by atoms with Crippen LogP contribution in [0.5, 0.6) is 5.88 Å². The largest absolute Gasteiger partial charge is 0.475 e. The highest BCUT2D eigenvalue weighted by atomic mass is 35.5. The van der Waals surface area contributed by atoms with Gasteiger partial charge < -0.3 is 9.64 Å². The van der Waals surface area contributed by atoms with Crippen molar-refractivity contribution in [3.8, 4) is 11.6 Å². The number of aryl methyl sites for hydroxylation is 1. The summed E-state index contributed by atoms with van der Waals surface area (Å²) in [7, 11) is 0. The lowest BCUT2D eigenvalue weighted by molar-refractivity contribution is -0.119. The van der Waals surface area contributed by atoms with Gasteiger partial charge in [-0.25, -0.2) is 4.68 Å². The fraction of sp³-hybridized carbons (Fsp3) is 0.412. The van der Waals surface area contributed by atoms with E-state index in [0.29, 0.717) is 22.5 Å². The molecule has 6 nitrogen and oxygen atoms in total. The third-order valence-corrected chi connectivity index (χ3v) is 4.97. The van der Waals surface area contributed by atoms with E-state index in [9.17, 15) is 4.79 Å². The Balaban J connectivity index is 1.56. The number of carbonyl (C=O) groups excluding carboxylic acids is 1. The number of halogens is 2. The van der Waals surface area contributed by atoms with Crippen LogP contribution in [0.4, 0.5) is 0 Å². The Morgan fingerprint density at radius 2 is 1.92 bits per heavy atom. The molecule has 134 valence electrons. The molecule has 1 saturated heterocycles. The smallest absolute Gasteiger partial charge is 0.233 e. The topological polar surface area (TPSA) is 50.6 Å². The fourth-order valence-electron chi connectivity index (χ4n) is 2.77. The molecule has 0 atom stereocenters. The minimum Gasteiger partial charge on any atom is -0.475 e. The number of aromatic nitrogens is 2. The van der Waals surface area contributed by atoms with Crippen LogP contribution in [0.2, 0.25) is 10.0 Å². The van der Waals surface area contributed by atoms with Crippen molar-refractivity contribution in [2.45, 2.75) is 6.92 Å². The van der Waals surface area contributed by atoms with E-state index in [4.69, 9.17) is 27.9 Å². The molecular formula is C17H20Cl2N4O2. The van der Waals surface area contributed by atoms with Crippen molar-refractivity contribution in [1.82, 2.24) is 19.6 Å². The number of hydrogen-bond donors (Lipinski definition) is 0. The Morgan fingerprint density at radius 1 is 1.16 bits per heavy atom. The highest BCUT2D eigenvalue weighted by Gasteiger charge is 2.15. The molecule has 1 aliphatic heterocycles. The zero-order valence-electron chi connectivity index (χ0n) is 14.0. The first-order valence-corrected chi connectivity index (χ1v) is 8.89. The number of carbonyl (C=O) groups is 1. The summed E-state index contributed by atoms with van der Waals surface area (Å²) in [5, 5.41) is 5.49. The predicted octanol–water partition coefficient (Wildman–Crippen LogP) is 2.64. The summed E-state index contributed by atoms with van der Waals surface area (Å²) in [6, 6.07) is 7.29. The van der Waals surface area contributed by atoms with Gasteiger partial charge in [0, 0.05) is 44.5 Å². The van der Waals surface area contributed by atoms with Crippen molar-refractivity contribution in [2.24, 2.45) is 0 Å². The molecule has 0 unspecified atom stereocenters. The molecule has 1 fully saturated rings. The summed E-state index contributed by atoms with van der Waals surface area (Å²) in [5.41, 5.74) is 1.79. The highest BCUT2D eigenvalue weighted by molar-refractivity contribution is 6.42. The molecule has 0 N–H and O–H groups in total. The van der Waals surface area contributed by atoms with Gasteiger partial charge in [0.15, 0.2) is 0 Å². The Hall–Kier alpha value is -1.76. The van der Waals surface area contributed by atoms with Crippen LogP contribution in [0.25, 0.3) is 5.69 Å². The third-order valence-electron chi connectivity index (χ3n) is 4.23. The van der Waals surface area contributed by atoms with Crippen LogP contribution in [0.1, 0.15) is 5.69 Å². The standard InChI is InChI=1S/C17H20Cl2N4O2/c1-13-10-17(20-23(13)14-2-3-15(18)16(19)11-14)25-9-8-21-4-6-22(12-24)7-5-21/h2-3,10-12H,4-9H2,1H3. The van der Waals surface area contributed by atoms with Gasteiger partial charge in [-0.3, -0.25) is 9.69 Å². The van der Waals surface area contributed by atoms with E-state index in [-0.39, 0.29) is 0 Å². The Morgan fingerprint density at radius 3 is 2.60 bits per heavy atom. The molecule has 0 bridgehead atoms. The van der Waals surface area contributed by atoms with Crippen molar-refractivity contribution in [3.63, 3.8) is 0 Å². The molecule has 8 heteroatoms. The van der Waals surface area contributed by atoms with E-state index in [1.165, 1.54) is 0 Å². The van der Waals surface area contributed by atoms with E-state index in [1.54, 1.807) is 21.7 Å². The first-order valence-electron chi connectivity index (χ1n) is 8.13. The molecule has 2 aromatic rings. The van der Waals surface area contributed by atoms with Gasteiger partial charge in [-0.15, -0.1) is 5.10 Å². The Kier molecular flexibility index (Phi) is 5.83. The normalized spacial score (nSPS) is 15.4. The second-order valence-corrected chi connectivity index (χ2v) is 6.78. The molecule has 0 aliphatic carbocycles. The summed E-state index contributed by atoms with van der Waals surface area (Å²) < 4.78 is 7.56. The quantitative estimate of drug-likeness (QED) is 0.720. The van der Waals surface area contributed by atoms with Gasteiger partial charge in [-0.2, -0.15) is 0 Å². The van der Waals surface area contributed by atoms with Crippen LogP contribution in [0.3, 0.4) is 0 Å². The van der Waals surface area contributed by atoms with Crippen molar-refractivity contribution in [1.29, 1.82) is 0 Å². The zero-order valence-corrected chi connectivity index (χ0v) is 15.5. The lowest BCUT2D eigenvalue weighted by atomic mass is 10.3. The molecule has 0 saturated carbocycles. The second-order valence-electron chi connectivity index (χ2n) is 5.97. The van der Waals surface area contributed by atoms with Gasteiger partial charge in [-0.1, -0.05) is 23.2 Å². The van der Waals surface area contributed by atoms with Crippen molar-refractivity contribution >= 4 is 29.6 Å². The minimum atomic E-state index is 0.492. The average molecular weight is 383 g/mol. The van der Waals surface area contributed by atoms with E-state index >= 15 is 0 Å². The van der Waals surface area contributed by atoms with Gasteiger partial charge >= 0.3 is 0 Å². The van der Waals surface area contributed by atoms with Gasteiger partial charge in [0.25, 0.3) is 0 Å². The lowest BCUT2D eigenvalue weighted by Crippen LogP contribution is -2.46. The summed E-state index contributed by atoms with van der Waals surface area (Å²) in [5.74, 6) is 0.579. The molecular weight excluding hydrogens is 363 g/mol. The van der Waals surface area contributed by atoms with Crippen LogP contribution < -0.4 is 4.74 Å². The van der Waals surface area contributed by atoms with E-state index in [2.05, 4.69) is 10.00 Å². The lowest BCUT2D eigenvalue weighted by Gasteiger charge is -2.32. The van der Waals surface area contributed by atoms with Gasteiger partial charge in [-0.05, 0) is 25.1 Å². The average Bonchev–Trinajstić information content (AvgIpc) is 2.98. The number of nitrogens with zero attached hydrogens (tertiary/aromatic N) is 4. The number of ether oxygens (including phenoxy) is 1. The maximum absolute atomic E-state index is 10.7. The molecule has 1 aromatic heterocycles. The van der Waals surface area contributed by atoms with Crippen molar-refractivity contribution in [3.05, 3.63) is 40.0 Å². The molecule has 1 amide bonds. The molecule has 1 aromatic carbocycles. The molecule has 1 aliphatic rings. The van der Waals surface area contributed by atoms with Gasteiger partial charge in [0.2, 0.25) is 12.3 Å². The summed E-state index contributed by atoms with van der Waals surface area (Å²) in [6.07, 6.45) is 0.909. The maximum atomic E-state index is 10.7. The van der Waals surface area contributed by atoms with Crippen molar-refractivity contribution < 1.29 is 9.53 Å². The van der Waals surface area contributed by atoms with E-state index in [0.717, 1.165) is 50.5 Å². The van der Waals surface area contributed by atoms with Gasteiger partial charge in [0.1, 0.15) is 6.61 Å². The first-order chi connectivity index (χ1) is 12.1. The minimum absolute atomic E-state index is 0.492.